The highest BCUT2D eigenvalue weighted by molar-refractivity contribution is 7.93. The van der Waals surface area contributed by atoms with Gasteiger partial charge in [-0.15, -0.1) is 0 Å². The first kappa shape index (κ1) is 17.4. The highest BCUT2D eigenvalue weighted by atomic mass is 32.2. The summed E-state index contributed by atoms with van der Waals surface area (Å²) in [6, 6.07) is 15.8. The Morgan fingerprint density at radius 3 is 2.27 bits per heavy atom. The van der Waals surface area contributed by atoms with Crippen molar-refractivity contribution in [3.05, 3.63) is 65.7 Å². The third-order valence-electron chi connectivity index (χ3n) is 5.51. The molecule has 26 heavy (non-hydrogen) atoms. The second-order valence-electron chi connectivity index (χ2n) is 6.90. The van der Waals surface area contributed by atoms with E-state index >= 15 is 0 Å². The first-order valence-corrected chi connectivity index (χ1v) is 9.99. The van der Waals surface area contributed by atoms with E-state index in [-0.39, 0.29) is 17.5 Å². The summed E-state index contributed by atoms with van der Waals surface area (Å²) in [4.78, 5) is 0. The molecular weight excluding hydrogens is 363 g/mol. The fourth-order valence-electron chi connectivity index (χ4n) is 4.40. The summed E-state index contributed by atoms with van der Waals surface area (Å²) in [5, 5.41) is 0. The molecule has 1 aliphatic heterocycles. The summed E-state index contributed by atoms with van der Waals surface area (Å²) >= 11 is 0. The van der Waals surface area contributed by atoms with E-state index in [0.717, 1.165) is 5.56 Å². The van der Waals surface area contributed by atoms with Gasteiger partial charge in [0.05, 0.1) is 11.7 Å². The lowest BCUT2D eigenvalue weighted by Gasteiger charge is -2.36. The SMILES string of the molecule is O=S(=O)(N1c2ccccc2[C@@H]2C[C@H](c3ccccc3)CC[C@H]21)C(F)(F)F. The summed E-state index contributed by atoms with van der Waals surface area (Å²) < 4.78 is 64.8. The molecule has 0 bridgehead atoms. The number of benzene rings is 2. The number of rotatable bonds is 2. The van der Waals surface area contributed by atoms with Crippen LogP contribution in [0.15, 0.2) is 54.6 Å². The second-order valence-corrected chi connectivity index (χ2v) is 8.71. The molecule has 0 saturated heterocycles. The van der Waals surface area contributed by atoms with Crippen LogP contribution in [0, 0.1) is 0 Å². The van der Waals surface area contributed by atoms with Crippen LogP contribution in [-0.4, -0.2) is 20.0 Å². The van der Waals surface area contributed by atoms with E-state index in [2.05, 4.69) is 0 Å². The van der Waals surface area contributed by atoms with E-state index in [9.17, 15) is 21.6 Å². The van der Waals surface area contributed by atoms with Crippen molar-refractivity contribution in [3.8, 4) is 0 Å². The van der Waals surface area contributed by atoms with Crippen LogP contribution in [-0.2, 0) is 10.0 Å². The molecule has 1 fully saturated rings. The van der Waals surface area contributed by atoms with Crippen LogP contribution < -0.4 is 4.31 Å². The number of alkyl halides is 3. The van der Waals surface area contributed by atoms with E-state index in [4.69, 9.17) is 0 Å². The van der Waals surface area contributed by atoms with Gasteiger partial charge in [0.15, 0.2) is 0 Å². The van der Waals surface area contributed by atoms with Gasteiger partial charge in [-0.25, -0.2) is 0 Å². The van der Waals surface area contributed by atoms with Crippen molar-refractivity contribution < 1.29 is 21.6 Å². The number of anilines is 1. The fourth-order valence-corrected chi connectivity index (χ4v) is 5.65. The molecule has 0 N–H and O–H groups in total. The average Bonchev–Trinajstić information content (AvgIpc) is 2.96. The monoisotopic (exact) mass is 381 g/mol. The topological polar surface area (TPSA) is 37.4 Å². The van der Waals surface area contributed by atoms with Crippen LogP contribution in [0.5, 0.6) is 0 Å². The largest absolute Gasteiger partial charge is 0.516 e. The Hall–Kier alpha value is -2.02. The van der Waals surface area contributed by atoms with Crippen LogP contribution in [0.1, 0.15) is 42.2 Å². The minimum Gasteiger partial charge on any atom is -0.259 e. The van der Waals surface area contributed by atoms with Crippen molar-refractivity contribution in [3.63, 3.8) is 0 Å². The van der Waals surface area contributed by atoms with Gasteiger partial charge in [0.25, 0.3) is 0 Å². The first-order chi connectivity index (χ1) is 12.3. The molecule has 3 atom stereocenters. The molecule has 2 aliphatic rings. The summed E-state index contributed by atoms with van der Waals surface area (Å²) in [5.41, 5.74) is -3.27. The standard InChI is InChI=1S/C19H18F3NO2S/c20-19(21,22)26(24,25)23-17-9-5-4-8-15(17)16-12-14(10-11-18(16)23)13-6-2-1-3-7-13/h1-9,14,16,18H,10-12H2/t14-,16+,18-/m1/s1. The molecule has 7 heteroatoms. The van der Waals surface area contributed by atoms with E-state index < -0.39 is 21.6 Å². The van der Waals surface area contributed by atoms with Crippen LogP contribution >= 0.6 is 0 Å². The van der Waals surface area contributed by atoms with Crippen molar-refractivity contribution in [1.82, 2.24) is 0 Å². The van der Waals surface area contributed by atoms with Crippen molar-refractivity contribution >= 4 is 15.7 Å². The van der Waals surface area contributed by atoms with Crippen molar-refractivity contribution in [1.29, 1.82) is 0 Å². The minimum atomic E-state index is -5.41. The van der Waals surface area contributed by atoms with Gasteiger partial charge in [-0.2, -0.15) is 21.6 Å². The van der Waals surface area contributed by atoms with Crippen LogP contribution in [0.4, 0.5) is 18.9 Å². The van der Waals surface area contributed by atoms with Gasteiger partial charge in [-0.1, -0.05) is 48.5 Å². The normalized spacial score (nSPS) is 25.7. The van der Waals surface area contributed by atoms with Crippen molar-refractivity contribution in [2.24, 2.45) is 0 Å². The fraction of sp³-hybridized carbons (Fsp3) is 0.368. The molecule has 138 valence electrons. The lowest BCUT2D eigenvalue weighted by Crippen LogP contribution is -2.47. The number of hydrogen-bond donors (Lipinski definition) is 0. The lowest BCUT2D eigenvalue weighted by molar-refractivity contribution is -0.0441. The molecule has 2 aromatic carbocycles. The second kappa shape index (κ2) is 6.01. The van der Waals surface area contributed by atoms with Crippen molar-refractivity contribution in [2.75, 3.05) is 4.31 Å². The Labute approximate surface area is 150 Å². The highest BCUT2D eigenvalue weighted by Gasteiger charge is 2.57. The maximum Gasteiger partial charge on any atom is 0.516 e. The quantitative estimate of drug-likeness (QED) is 0.751. The zero-order valence-corrected chi connectivity index (χ0v) is 14.7. The van der Waals surface area contributed by atoms with Crippen molar-refractivity contribution in [2.45, 2.75) is 42.6 Å². The first-order valence-electron chi connectivity index (χ1n) is 8.55. The number of hydrogen-bond acceptors (Lipinski definition) is 2. The van der Waals surface area contributed by atoms with E-state index in [1.54, 1.807) is 18.2 Å². The number of sulfonamides is 1. The van der Waals surface area contributed by atoms with Crippen LogP contribution in [0.2, 0.25) is 0 Å². The molecule has 2 aromatic rings. The summed E-state index contributed by atoms with van der Waals surface area (Å²) in [6.07, 6.45) is 1.73. The van der Waals surface area contributed by atoms with E-state index in [1.165, 1.54) is 6.07 Å². The highest BCUT2D eigenvalue weighted by Crippen LogP contribution is 2.53. The minimum absolute atomic E-state index is 0.175. The third-order valence-corrected chi connectivity index (χ3v) is 7.08. The van der Waals surface area contributed by atoms with Gasteiger partial charge in [-0.3, -0.25) is 4.31 Å². The predicted octanol–water partition coefficient (Wildman–Crippen LogP) is 4.78. The molecule has 1 saturated carbocycles. The van der Waals surface area contributed by atoms with E-state index in [0.29, 0.717) is 29.1 Å². The Balaban J connectivity index is 1.75. The maximum atomic E-state index is 13.3. The zero-order chi connectivity index (χ0) is 18.5. The van der Waals surface area contributed by atoms with E-state index in [1.807, 2.05) is 30.3 Å². The molecule has 1 heterocycles. The van der Waals surface area contributed by atoms with Gasteiger partial charge in [0.1, 0.15) is 0 Å². The molecule has 0 aromatic heterocycles. The lowest BCUT2D eigenvalue weighted by atomic mass is 9.74. The Morgan fingerprint density at radius 1 is 0.923 bits per heavy atom. The molecule has 0 amide bonds. The summed E-state index contributed by atoms with van der Waals surface area (Å²) in [7, 11) is -5.41. The molecule has 0 unspecified atom stereocenters. The third kappa shape index (κ3) is 2.60. The van der Waals surface area contributed by atoms with Gasteiger partial charge < -0.3 is 0 Å². The van der Waals surface area contributed by atoms with Crippen LogP contribution in [0.3, 0.4) is 0 Å². The smallest absolute Gasteiger partial charge is 0.259 e. The predicted molar refractivity (Wildman–Crippen MR) is 93.5 cm³/mol. The van der Waals surface area contributed by atoms with Gasteiger partial charge in [-0.05, 0) is 42.4 Å². The Morgan fingerprint density at radius 2 is 1.58 bits per heavy atom. The molecule has 3 nitrogen and oxygen atoms in total. The van der Waals surface area contributed by atoms with Crippen LogP contribution in [0.25, 0.3) is 0 Å². The number of halogens is 3. The molecule has 1 aliphatic carbocycles. The maximum absolute atomic E-state index is 13.3. The van der Waals surface area contributed by atoms with Gasteiger partial charge in [0.2, 0.25) is 0 Å². The Bertz CT molecular complexity index is 912. The number of nitrogens with zero attached hydrogens (tertiary/aromatic N) is 1. The average molecular weight is 381 g/mol. The summed E-state index contributed by atoms with van der Waals surface area (Å²) in [6.45, 7) is 0. The molecule has 0 spiro atoms. The molecule has 4 rings (SSSR count). The molecule has 0 radical (unpaired) electrons. The van der Waals surface area contributed by atoms with Gasteiger partial charge in [0, 0.05) is 5.92 Å². The summed E-state index contributed by atoms with van der Waals surface area (Å²) in [5.74, 6) is 0.00123. The molecular formula is C19H18F3NO2S. The number of para-hydroxylation sites is 1. The van der Waals surface area contributed by atoms with Gasteiger partial charge >= 0.3 is 15.5 Å². The number of fused-ring (bicyclic) bond motifs is 3. The zero-order valence-electron chi connectivity index (χ0n) is 13.9. The Kier molecular flexibility index (Phi) is 4.02.